The second kappa shape index (κ2) is 10.6. The number of carbonyl (C=O) groups excluding carboxylic acids is 2. The summed E-state index contributed by atoms with van der Waals surface area (Å²) in [4.78, 5) is 24.0. The lowest BCUT2D eigenvalue weighted by Gasteiger charge is -2.09. The maximum absolute atomic E-state index is 12.1. The molecule has 0 atom stereocenters. The Labute approximate surface area is 174 Å². The number of rotatable bonds is 8. The molecule has 0 saturated carbocycles. The van der Waals surface area contributed by atoms with Crippen molar-refractivity contribution in [2.45, 2.75) is 20.1 Å². The molecule has 0 radical (unpaired) electrons. The average Bonchev–Trinajstić information content (AvgIpc) is 3.25. The molecule has 3 rings (SSSR count). The summed E-state index contributed by atoms with van der Waals surface area (Å²) < 4.78 is 16.4. The molecule has 2 aromatic carbocycles. The molecule has 3 amide bonds. The molecule has 0 fully saturated rings. The van der Waals surface area contributed by atoms with Crippen molar-refractivity contribution >= 4 is 11.9 Å². The molecule has 0 aliphatic heterocycles. The van der Waals surface area contributed by atoms with E-state index in [1.807, 2.05) is 61.5 Å². The van der Waals surface area contributed by atoms with Crippen LogP contribution >= 0.6 is 0 Å². The quantitative estimate of drug-likeness (QED) is 0.495. The van der Waals surface area contributed by atoms with E-state index in [0.717, 1.165) is 11.3 Å². The zero-order chi connectivity index (χ0) is 21.2. The smallest absolute Gasteiger partial charge is 0.333 e. The van der Waals surface area contributed by atoms with E-state index >= 15 is 0 Å². The lowest BCUT2D eigenvalue weighted by molar-refractivity contribution is 0.0904. The van der Waals surface area contributed by atoms with Gasteiger partial charge in [-0.15, -0.1) is 0 Å². The van der Waals surface area contributed by atoms with Crippen molar-refractivity contribution in [2.24, 2.45) is 0 Å². The number of benzene rings is 2. The van der Waals surface area contributed by atoms with E-state index in [1.54, 1.807) is 6.07 Å². The average molecular weight is 409 g/mol. The third-order valence-corrected chi connectivity index (χ3v) is 3.96. The molecule has 0 saturated heterocycles. The van der Waals surface area contributed by atoms with Crippen LogP contribution < -0.4 is 25.6 Å². The third-order valence-electron chi connectivity index (χ3n) is 3.96. The van der Waals surface area contributed by atoms with Crippen LogP contribution in [0, 0.1) is 0 Å². The van der Waals surface area contributed by atoms with E-state index < -0.39 is 11.9 Å². The highest BCUT2D eigenvalue weighted by Gasteiger charge is 2.12. The van der Waals surface area contributed by atoms with Gasteiger partial charge in [0.1, 0.15) is 23.9 Å². The second-order valence-corrected chi connectivity index (χ2v) is 6.21. The summed E-state index contributed by atoms with van der Waals surface area (Å²) >= 11 is 0. The Bertz CT molecular complexity index is 972. The molecule has 1 heterocycles. The first-order valence-electron chi connectivity index (χ1n) is 9.46. The van der Waals surface area contributed by atoms with Crippen molar-refractivity contribution in [2.75, 3.05) is 6.61 Å². The maximum Gasteiger partial charge on any atom is 0.333 e. The van der Waals surface area contributed by atoms with Crippen molar-refractivity contribution < 1.29 is 23.5 Å². The zero-order valence-electron chi connectivity index (χ0n) is 16.5. The summed E-state index contributed by atoms with van der Waals surface area (Å²) in [5.74, 6) is 1.41. The van der Waals surface area contributed by atoms with Gasteiger partial charge in [-0.2, -0.15) is 0 Å². The first kappa shape index (κ1) is 20.8. The van der Waals surface area contributed by atoms with E-state index in [1.165, 1.54) is 6.07 Å². The van der Waals surface area contributed by atoms with E-state index in [4.69, 9.17) is 13.9 Å². The number of ether oxygens (including phenoxy) is 2. The van der Waals surface area contributed by atoms with Gasteiger partial charge in [-0.25, -0.2) is 10.2 Å². The van der Waals surface area contributed by atoms with E-state index in [9.17, 15) is 9.59 Å². The predicted molar refractivity (Wildman–Crippen MR) is 110 cm³/mol. The van der Waals surface area contributed by atoms with E-state index in [0.29, 0.717) is 18.1 Å². The number of hydrogen-bond acceptors (Lipinski definition) is 5. The van der Waals surface area contributed by atoms with Gasteiger partial charge < -0.3 is 19.2 Å². The number of amides is 3. The van der Waals surface area contributed by atoms with Gasteiger partial charge in [0.25, 0.3) is 0 Å². The molecular weight excluding hydrogens is 386 g/mol. The van der Waals surface area contributed by atoms with Crippen LogP contribution in [0.4, 0.5) is 4.79 Å². The number of para-hydroxylation sites is 1. The summed E-state index contributed by atoms with van der Waals surface area (Å²) in [6.45, 7) is 2.94. The van der Waals surface area contributed by atoms with Gasteiger partial charge in [0.2, 0.25) is 0 Å². The van der Waals surface area contributed by atoms with Crippen LogP contribution in [0.25, 0.3) is 0 Å². The van der Waals surface area contributed by atoms with Crippen molar-refractivity contribution in [3.63, 3.8) is 0 Å². The van der Waals surface area contributed by atoms with Gasteiger partial charge in [0.15, 0.2) is 5.76 Å². The lowest BCUT2D eigenvalue weighted by atomic mass is 10.2. The predicted octanol–water partition coefficient (Wildman–Crippen LogP) is 3.40. The van der Waals surface area contributed by atoms with Gasteiger partial charge in [-0.05, 0) is 48.9 Å². The molecule has 8 nitrogen and oxygen atoms in total. The molecule has 0 aliphatic carbocycles. The second-order valence-electron chi connectivity index (χ2n) is 6.21. The van der Waals surface area contributed by atoms with E-state index in [2.05, 4.69) is 16.2 Å². The van der Waals surface area contributed by atoms with Crippen LogP contribution in [0.2, 0.25) is 0 Å². The number of furan rings is 1. The minimum atomic E-state index is -0.575. The number of carbonyl (C=O) groups is 2. The molecule has 0 bridgehead atoms. The molecule has 3 N–H and O–H groups in total. The Hall–Kier alpha value is -3.94. The van der Waals surface area contributed by atoms with Crippen LogP contribution in [0.5, 0.6) is 11.5 Å². The number of nitrogens with one attached hydrogen (secondary N) is 3. The Morgan fingerprint density at radius 2 is 1.70 bits per heavy atom. The lowest BCUT2D eigenvalue weighted by Crippen LogP contribution is -2.46. The standard InChI is InChI=1S/C22H23N3O5/c1-2-28-18-10-6-7-16(13-18)14-23-22(27)25-24-21(26)20-12-11-19(30-20)15-29-17-8-4-3-5-9-17/h3-13H,2,14-15H2,1H3,(H,24,26)(H2,23,25,27). The first-order chi connectivity index (χ1) is 14.6. The summed E-state index contributed by atoms with van der Waals surface area (Å²) in [7, 11) is 0. The first-order valence-corrected chi connectivity index (χ1v) is 9.46. The Morgan fingerprint density at radius 1 is 0.900 bits per heavy atom. The molecular formula is C22H23N3O5. The van der Waals surface area contributed by atoms with Gasteiger partial charge in [0, 0.05) is 6.54 Å². The molecule has 8 heteroatoms. The molecule has 156 valence electrons. The van der Waals surface area contributed by atoms with Gasteiger partial charge in [-0.3, -0.25) is 10.2 Å². The van der Waals surface area contributed by atoms with Gasteiger partial charge in [-0.1, -0.05) is 30.3 Å². The molecule has 3 aromatic rings. The minimum absolute atomic E-state index is 0.0615. The van der Waals surface area contributed by atoms with E-state index in [-0.39, 0.29) is 18.9 Å². The monoisotopic (exact) mass is 409 g/mol. The number of hydrazine groups is 1. The highest BCUT2D eigenvalue weighted by Crippen LogP contribution is 2.14. The summed E-state index contributed by atoms with van der Waals surface area (Å²) in [5.41, 5.74) is 5.45. The van der Waals surface area contributed by atoms with Crippen LogP contribution in [-0.2, 0) is 13.2 Å². The zero-order valence-corrected chi connectivity index (χ0v) is 16.5. The van der Waals surface area contributed by atoms with Crippen LogP contribution in [0.3, 0.4) is 0 Å². The largest absolute Gasteiger partial charge is 0.494 e. The fraction of sp³-hybridized carbons (Fsp3) is 0.182. The fourth-order valence-corrected chi connectivity index (χ4v) is 2.56. The van der Waals surface area contributed by atoms with Crippen LogP contribution in [-0.4, -0.2) is 18.5 Å². The normalized spacial score (nSPS) is 10.2. The third kappa shape index (κ3) is 6.30. The fourth-order valence-electron chi connectivity index (χ4n) is 2.56. The van der Waals surface area contributed by atoms with Crippen molar-refractivity contribution in [3.8, 4) is 11.5 Å². The minimum Gasteiger partial charge on any atom is -0.494 e. The Balaban J connectivity index is 1.41. The molecule has 30 heavy (non-hydrogen) atoms. The van der Waals surface area contributed by atoms with Gasteiger partial charge in [0.05, 0.1) is 6.61 Å². The summed E-state index contributed by atoms with van der Waals surface area (Å²) in [5, 5.41) is 2.65. The Morgan fingerprint density at radius 3 is 2.50 bits per heavy atom. The topological polar surface area (TPSA) is 102 Å². The molecule has 0 unspecified atom stereocenters. The van der Waals surface area contributed by atoms with Crippen molar-refractivity contribution in [1.82, 2.24) is 16.2 Å². The summed E-state index contributed by atoms with van der Waals surface area (Å²) in [6, 6.07) is 19.3. The highest BCUT2D eigenvalue weighted by atomic mass is 16.5. The Kier molecular flexibility index (Phi) is 7.32. The molecule has 1 aromatic heterocycles. The van der Waals surface area contributed by atoms with Gasteiger partial charge >= 0.3 is 11.9 Å². The highest BCUT2D eigenvalue weighted by molar-refractivity contribution is 5.92. The molecule has 0 aliphatic rings. The number of hydrogen-bond donors (Lipinski definition) is 3. The summed E-state index contributed by atoms with van der Waals surface area (Å²) in [6.07, 6.45) is 0. The SMILES string of the molecule is CCOc1cccc(CNC(=O)NNC(=O)c2ccc(COc3ccccc3)o2)c1. The van der Waals surface area contributed by atoms with Crippen molar-refractivity contribution in [1.29, 1.82) is 0 Å². The maximum atomic E-state index is 12.1. The number of urea groups is 1. The van der Waals surface area contributed by atoms with Crippen LogP contribution in [0.1, 0.15) is 28.8 Å². The molecule has 0 spiro atoms. The van der Waals surface area contributed by atoms with Crippen molar-refractivity contribution in [3.05, 3.63) is 83.8 Å². The van der Waals surface area contributed by atoms with Crippen LogP contribution in [0.15, 0.2) is 71.1 Å².